The zero-order valence-corrected chi connectivity index (χ0v) is 14.6. The van der Waals surface area contributed by atoms with Crippen LogP contribution in [0.2, 0.25) is 18.1 Å². The van der Waals surface area contributed by atoms with Crippen molar-refractivity contribution in [1.82, 2.24) is 0 Å². The van der Waals surface area contributed by atoms with Gasteiger partial charge in [-0.05, 0) is 24.6 Å². The smallest absolute Gasteiger partial charge is 0.306 e. The summed E-state index contributed by atoms with van der Waals surface area (Å²) < 4.78 is 5.98. The molecule has 0 heterocycles. The molecule has 2 unspecified atom stereocenters. The topological polar surface area (TPSA) is 87.0 Å². The van der Waals surface area contributed by atoms with Crippen molar-refractivity contribution in [2.45, 2.75) is 70.4 Å². The Morgan fingerprint density at radius 1 is 1.29 bits per heavy atom. The third-order valence-corrected chi connectivity index (χ3v) is 8.25. The first-order valence-corrected chi connectivity index (χ1v) is 10.1. The van der Waals surface area contributed by atoms with Gasteiger partial charge in [0.1, 0.15) is 12.2 Å². The third kappa shape index (κ3) is 8.22. The fourth-order valence-electron chi connectivity index (χ4n) is 1.27. The third-order valence-electron chi connectivity index (χ3n) is 3.71. The van der Waals surface area contributed by atoms with Crippen molar-refractivity contribution in [3.05, 3.63) is 0 Å². The second-order valence-corrected chi connectivity index (χ2v) is 11.5. The van der Waals surface area contributed by atoms with E-state index < -0.39 is 32.9 Å². The Kier molecular flexibility index (Phi) is 8.19. The lowest BCUT2D eigenvalue weighted by Gasteiger charge is -2.36. The number of aliphatic hydroxyl groups excluding tert-OH is 2. The van der Waals surface area contributed by atoms with Gasteiger partial charge in [-0.15, -0.1) is 5.92 Å². The van der Waals surface area contributed by atoms with Gasteiger partial charge in [-0.25, -0.2) is 0 Å². The van der Waals surface area contributed by atoms with Gasteiger partial charge in [0, 0.05) is 13.0 Å². The Hall–Kier alpha value is -0.873. The van der Waals surface area contributed by atoms with E-state index in [1.54, 1.807) is 0 Å². The zero-order chi connectivity index (χ0) is 16.7. The number of hydrogen-bond acceptors (Lipinski definition) is 4. The summed E-state index contributed by atoms with van der Waals surface area (Å²) in [5.74, 6) is 4.05. The van der Waals surface area contributed by atoms with Crippen molar-refractivity contribution in [1.29, 1.82) is 0 Å². The lowest BCUT2D eigenvalue weighted by Crippen LogP contribution is -2.40. The molecule has 0 aliphatic carbocycles. The standard InChI is InChI=1S/C15H28O5Si/c1-15(2,3)21(4,5)20-10-8-6-7-9-12(16)13(17)11-14(18)19/h12-13,16-17H,6,8,10-11H2,1-5H3,(H,18,19). The van der Waals surface area contributed by atoms with E-state index >= 15 is 0 Å². The number of unbranched alkanes of at least 4 members (excludes halogenated alkanes) is 1. The van der Waals surface area contributed by atoms with E-state index in [4.69, 9.17) is 9.53 Å². The van der Waals surface area contributed by atoms with Crippen LogP contribution in [0.1, 0.15) is 40.0 Å². The van der Waals surface area contributed by atoms with E-state index in [1.807, 2.05) is 0 Å². The van der Waals surface area contributed by atoms with Crippen molar-refractivity contribution in [3.8, 4) is 11.8 Å². The average molecular weight is 316 g/mol. The average Bonchev–Trinajstić information content (AvgIpc) is 2.30. The summed E-state index contributed by atoms with van der Waals surface area (Å²) in [6.07, 6.45) is -1.88. The van der Waals surface area contributed by atoms with E-state index in [1.165, 1.54) is 0 Å². The van der Waals surface area contributed by atoms with Crippen molar-refractivity contribution < 1.29 is 24.5 Å². The molecule has 0 saturated heterocycles. The van der Waals surface area contributed by atoms with E-state index in [0.29, 0.717) is 13.0 Å². The number of aliphatic hydroxyl groups is 2. The first kappa shape index (κ1) is 20.1. The lowest BCUT2D eigenvalue weighted by molar-refractivity contribution is -0.140. The summed E-state index contributed by atoms with van der Waals surface area (Å²) in [7, 11) is -1.73. The molecule has 0 radical (unpaired) electrons. The van der Waals surface area contributed by atoms with Gasteiger partial charge < -0.3 is 19.7 Å². The van der Waals surface area contributed by atoms with Gasteiger partial charge in [-0.2, -0.15) is 0 Å². The van der Waals surface area contributed by atoms with Gasteiger partial charge in [-0.1, -0.05) is 26.7 Å². The molecule has 0 aromatic heterocycles. The molecule has 0 rings (SSSR count). The Morgan fingerprint density at radius 3 is 2.33 bits per heavy atom. The molecule has 0 aliphatic heterocycles. The number of hydrogen-bond donors (Lipinski definition) is 3. The molecule has 0 spiro atoms. The number of rotatable bonds is 7. The number of aliphatic carboxylic acids is 1. The summed E-state index contributed by atoms with van der Waals surface area (Å²) in [6.45, 7) is 11.5. The first-order valence-electron chi connectivity index (χ1n) is 7.17. The summed E-state index contributed by atoms with van der Waals surface area (Å²) in [4.78, 5) is 10.4. The van der Waals surface area contributed by atoms with Crippen LogP contribution in [0, 0.1) is 11.8 Å². The van der Waals surface area contributed by atoms with E-state index in [-0.39, 0.29) is 5.04 Å². The molecule has 0 aliphatic rings. The normalized spacial score (nSPS) is 15.0. The van der Waals surface area contributed by atoms with Crippen molar-refractivity contribution in [3.63, 3.8) is 0 Å². The molecule has 0 aromatic rings. The molecule has 2 atom stereocenters. The van der Waals surface area contributed by atoms with Gasteiger partial charge in [0.15, 0.2) is 8.32 Å². The van der Waals surface area contributed by atoms with Crippen LogP contribution in [-0.2, 0) is 9.22 Å². The highest BCUT2D eigenvalue weighted by Gasteiger charge is 2.36. The number of carboxylic acids is 1. The molecule has 6 heteroatoms. The second kappa shape index (κ2) is 8.54. The monoisotopic (exact) mass is 316 g/mol. The van der Waals surface area contributed by atoms with Crippen molar-refractivity contribution in [2.24, 2.45) is 0 Å². The Bertz CT molecular complexity index is 389. The van der Waals surface area contributed by atoms with Gasteiger partial charge in [0.05, 0.1) is 6.42 Å². The predicted octanol–water partition coefficient (Wildman–Crippen LogP) is 1.99. The second-order valence-electron chi connectivity index (χ2n) is 6.64. The fourth-order valence-corrected chi connectivity index (χ4v) is 2.36. The van der Waals surface area contributed by atoms with Crippen LogP contribution in [-0.4, -0.2) is 48.4 Å². The molecule has 0 fully saturated rings. The van der Waals surface area contributed by atoms with Crippen LogP contribution < -0.4 is 0 Å². The summed E-state index contributed by atoms with van der Waals surface area (Å²) in [6, 6.07) is 0. The fraction of sp³-hybridized carbons (Fsp3) is 0.800. The summed E-state index contributed by atoms with van der Waals surface area (Å²) >= 11 is 0. The highest BCUT2D eigenvalue weighted by atomic mass is 28.4. The maximum absolute atomic E-state index is 10.4. The van der Waals surface area contributed by atoms with Crippen molar-refractivity contribution in [2.75, 3.05) is 6.61 Å². The first-order chi connectivity index (χ1) is 9.47. The highest BCUT2D eigenvalue weighted by Crippen LogP contribution is 2.36. The number of carbonyl (C=O) groups is 1. The molecular formula is C15H28O5Si. The lowest BCUT2D eigenvalue weighted by atomic mass is 10.1. The SMILES string of the molecule is CC(C)(C)[Si](C)(C)OCCCC#CC(O)C(O)CC(=O)O. The Morgan fingerprint density at radius 2 is 1.86 bits per heavy atom. The largest absolute Gasteiger partial charge is 0.481 e. The Labute approximate surface area is 128 Å². The van der Waals surface area contributed by atoms with Gasteiger partial charge in [0.25, 0.3) is 0 Å². The summed E-state index contributed by atoms with van der Waals surface area (Å²) in [5, 5.41) is 27.4. The van der Waals surface area contributed by atoms with Gasteiger partial charge in [0.2, 0.25) is 0 Å². The molecule has 3 N–H and O–H groups in total. The molecule has 0 saturated carbocycles. The van der Waals surface area contributed by atoms with Crippen LogP contribution in [0.15, 0.2) is 0 Å². The molecular weight excluding hydrogens is 288 g/mol. The minimum Gasteiger partial charge on any atom is -0.481 e. The minimum absolute atomic E-state index is 0.176. The molecule has 0 amide bonds. The van der Waals surface area contributed by atoms with Crippen LogP contribution in [0.25, 0.3) is 0 Å². The number of carboxylic acid groups (broad SMARTS) is 1. The maximum Gasteiger partial charge on any atom is 0.306 e. The quantitative estimate of drug-likeness (QED) is 0.380. The zero-order valence-electron chi connectivity index (χ0n) is 13.6. The Balaban J connectivity index is 4.02. The maximum atomic E-state index is 10.4. The van der Waals surface area contributed by atoms with Crippen LogP contribution in [0.3, 0.4) is 0 Å². The van der Waals surface area contributed by atoms with Crippen LogP contribution in [0.5, 0.6) is 0 Å². The van der Waals surface area contributed by atoms with Crippen molar-refractivity contribution >= 4 is 14.3 Å². The molecule has 0 bridgehead atoms. The highest BCUT2D eigenvalue weighted by molar-refractivity contribution is 6.74. The van der Waals surface area contributed by atoms with E-state index in [2.05, 4.69) is 45.7 Å². The minimum atomic E-state index is -1.73. The van der Waals surface area contributed by atoms with Gasteiger partial charge in [-0.3, -0.25) is 4.79 Å². The molecule has 0 aromatic carbocycles. The van der Waals surface area contributed by atoms with Crippen LogP contribution >= 0.6 is 0 Å². The van der Waals surface area contributed by atoms with Gasteiger partial charge >= 0.3 is 5.97 Å². The molecule has 21 heavy (non-hydrogen) atoms. The van der Waals surface area contributed by atoms with E-state index in [9.17, 15) is 15.0 Å². The predicted molar refractivity (Wildman–Crippen MR) is 84.4 cm³/mol. The molecule has 122 valence electrons. The van der Waals surface area contributed by atoms with Crippen LogP contribution in [0.4, 0.5) is 0 Å². The summed E-state index contributed by atoms with van der Waals surface area (Å²) in [5.41, 5.74) is 0. The molecule has 5 nitrogen and oxygen atoms in total. The van der Waals surface area contributed by atoms with E-state index in [0.717, 1.165) is 6.42 Å².